The number of aromatic nitrogens is 4. The predicted molar refractivity (Wildman–Crippen MR) is 125 cm³/mol. The van der Waals surface area contributed by atoms with E-state index < -0.39 is 11.2 Å². The van der Waals surface area contributed by atoms with Crippen molar-refractivity contribution in [3.05, 3.63) is 91.8 Å². The van der Waals surface area contributed by atoms with E-state index in [1.807, 2.05) is 32.9 Å². The monoisotopic (exact) mass is 450 g/mol. The highest BCUT2D eigenvalue weighted by atomic mass is 35.5. The van der Waals surface area contributed by atoms with Gasteiger partial charge in [0.25, 0.3) is 5.56 Å². The molecule has 0 bridgehead atoms. The van der Waals surface area contributed by atoms with Crippen molar-refractivity contribution in [3.63, 3.8) is 0 Å². The van der Waals surface area contributed by atoms with Gasteiger partial charge in [-0.1, -0.05) is 55.3 Å². The van der Waals surface area contributed by atoms with E-state index in [1.54, 1.807) is 36.4 Å². The molecule has 7 nitrogen and oxygen atoms in total. The number of halogens is 1. The van der Waals surface area contributed by atoms with Crippen LogP contribution in [-0.4, -0.2) is 24.5 Å². The van der Waals surface area contributed by atoms with Gasteiger partial charge < -0.3 is 4.57 Å². The van der Waals surface area contributed by atoms with Gasteiger partial charge in [0.2, 0.25) is 0 Å². The van der Waals surface area contributed by atoms with Gasteiger partial charge in [-0.05, 0) is 37.1 Å². The number of carbonyl (C=O) groups is 1. The first-order valence-electron chi connectivity index (χ1n) is 10.3. The number of imidazole rings is 1. The molecule has 0 aliphatic heterocycles. The fourth-order valence-corrected chi connectivity index (χ4v) is 3.76. The summed E-state index contributed by atoms with van der Waals surface area (Å²) in [6, 6.07) is 14.0. The maximum Gasteiger partial charge on any atom is 0.337 e. The topological polar surface area (TPSA) is 78.9 Å². The van der Waals surface area contributed by atoms with E-state index in [9.17, 15) is 14.4 Å². The lowest BCUT2D eigenvalue weighted by Gasteiger charge is -2.14. The van der Waals surface area contributed by atoms with Crippen molar-refractivity contribution in [2.24, 2.45) is 5.92 Å². The molecule has 8 heteroatoms. The number of benzene rings is 2. The Morgan fingerprint density at radius 3 is 2.31 bits per heavy atom. The minimum Gasteiger partial charge on any atom is -0.317 e. The fourth-order valence-electron chi connectivity index (χ4n) is 3.63. The van der Waals surface area contributed by atoms with E-state index in [-0.39, 0.29) is 36.0 Å². The molecule has 4 rings (SSSR count). The van der Waals surface area contributed by atoms with Crippen molar-refractivity contribution >= 4 is 28.5 Å². The summed E-state index contributed by atoms with van der Waals surface area (Å²) in [4.78, 5) is 43.8. The first-order valence-corrected chi connectivity index (χ1v) is 10.7. The van der Waals surface area contributed by atoms with Crippen LogP contribution >= 0.6 is 11.6 Å². The smallest absolute Gasteiger partial charge is 0.317 e. The molecule has 2 aromatic carbocycles. The highest BCUT2D eigenvalue weighted by molar-refractivity contribution is 6.30. The summed E-state index contributed by atoms with van der Waals surface area (Å²) in [6.45, 7) is 6.00. The molecule has 0 amide bonds. The minimum atomic E-state index is -0.478. The zero-order chi connectivity index (χ0) is 23.0. The maximum absolute atomic E-state index is 13.3. The molecule has 0 aliphatic rings. The van der Waals surface area contributed by atoms with Gasteiger partial charge in [-0.15, -0.1) is 0 Å². The second kappa shape index (κ2) is 8.59. The Labute approximate surface area is 189 Å². The van der Waals surface area contributed by atoms with Crippen molar-refractivity contribution in [1.82, 2.24) is 18.7 Å². The van der Waals surface area contributed by atoms with Gasteiger partial charge in [0.1, 0.15) is 0 Å². The highest BCUT2D eigenvalue weighted by Crippen LogP contribution is 2.17. The number of fused-ring (bicyclic) bond motifs is 1. The molecule has 164 valence electrons. The lowest BCUT2D eigenvalue weighted by Crippen LogP contribution is -2.41. The normalized spacial score (nSPS) is 11.4. The van der Waals surface area contributed by atoms with Crippen LogP contribution in [0.3, 0.4) is 0 Å². The molecule has 2 aromatic heterocycles. The van der Waals surface area contributed by atoms with Crippen LogP contribution < -0.4 is 11.2 Å². The van der Waals surface area contributed by atoms with Gasteiger partial charge in [-0.2, -0.15) is 0 Å². The summed E-state index contributed by atoms with van der Waals surface area (Å²) in [5, 5.41) is 0.530. The molecule has 0 unspecified atom stereocenters. The quantitative estimate of drug-likeness (QED) is 0.418. The van der Waals surface area contributed by atoms with Gasteiger partial charge >= 0.3 is 5.69 Å². The largest absolute Gasteiger partial charge is 0.337 e. The molecule has 0 aliphatic carbocycles. The maximum atomic E-state index is 13.3. The fraction of sp³-hybridized carbons (Fsp3) is 0.250. The molecule has 0 fully saturated rings. The summed E-state index contributed by atoms with van der Waals surface area (Å²) in [6.07, 6.45) is 1.43. The summed E-state index contributed by atoms with van der Waals surface area (Å²) >= 11 is 6.01. The molecule has 0 N–H and O–H groups in total. The Balaban J connectivity index is 1.91. The summed E-state index contributed by atoms with van der Waals surface area (Å²) < 4.78 is 4.11. The molecule has 4 aromatic rings. The van der Waals surface area contributed by atoms with Crippen molar-refractivity contribution in [2.45, 2.75) is 33.9 Å². The van der Waals surface area contributed by atoms with E-state index in [0.717, 1.165) is 5.56 Å². The van der Waals surface area contributed by atoms with E-state index in [0.29, 0.717) is 16.3 Å². The SMILES string of the molecule is Cc1ccc(C(=O)Cn2cnc3c2c(=O)n(CC(C)C)c(=O)n3-c2ccc(Cl)cc2)cc1. The second-order valence-electron chi connectivity index (χ2n) is 8.24. The third-order valence-corrected chi connectivity index (χ3v) is 5.47. The molecule has 0 spiro atoms. The zero-order valence-corrected chi connectivity index (χ0v) is 18.8. The predicted octanol–water partition coefficient (Wildman–Crippen LogP) is 3.85. The Bertz CT molecular complexity index is 1410. The Morgan fingerprint density at radius 2 is 1.69 bits per heavy atom. The average molecular weight is 451 g/mol. The molecule has 0 atom stereocenters. The number of hydrogen-bond acceptors (Lipinski definition) is 4. The molecular formula is C24H23ClN4O3. The van der Waals surface area contributed by atoms with Crippen LogP contribution in [0.1, 0.15) is 29.8 Å². The average Bonchev–Trinajstić information content (AvgIpc) is 3.16. The summed E-state index contributed by atoms with van der Waals surface area (Å²) in [5.41, 5.74) is 1.62. The van der Waals surface area contributed by atoms with Gasteiger partial charge in [0.15, 0.2) is 16.9 Å². The van der Waals surface area contributed by atoms with Crippen molar-refractivity contribution in [3.8, 4) is 5.69 Å². The van der Waals surface area contributed by atoms with Crippen LogP contribution in [0.5, 0.6) is 0 Å². The lowest BCUT2D eigenvalue weighted by molar-refractivity contribution is 0.0973. The number of ketones is 1. The van der Waals surface area contributed by atoms with Crippen LogP contribution in [-0.2, 0) is 13.1 Å². The molecule has 0 radical (unpaired) electrons. The van der Waals surface area contributed by atoms with E-state index in [1.165, 1.54) is 20.0 Å². The van der Waals surface area contributed by atoms with Crippen molar-refractivity contribution < 1.29 is 4.79 Å². The summed E-state index contributed by atoms with van der Waals surface area (Å²) in [5.74, 6) is -0.0783. The van der Waals surface area contributed by atoms with Gasteiger partial charge in [-0.25, -0.2) is 14.3 Å². The number of aryl methyl sites for hydroxylation is 1. The van der Waals surface area contributed by atoms with Crippen LogP contribution in [0.2, 0.25) is 5.02 Å². The number of Topliss-reactive ketones (excluding diaryl/α,β-unsaturated/α-hetero) is 1. The minimum absolute atomic E-state index is 0.0602. The Hall–Kier alpha value is -3.45. The van der Waals surface area contributed by atoms with Crippen LogP contribution in [0.4, 0.5) is 0 Å². The van der Waals surface area contributed by atoms with Crippen molar-refractivity contribution in [1.29, 1.82) is 0 Å². The first kappa shape index (κ1) is 21.8. The summed E-state index contributed by atoms with van der Waals surface area (Å²) in [7, 11) is 0. The van der Waals surface area contributed by atoms with Crippen LogP contribution in [0, 0.1) is 12.8 Å². The molecule has 0 saturated carbocycles. The highest BCUT2D eigenvalue weighted by Gasteiger charge is 2.21. The molecular weight excluding hydrogens is 428 g/mol. The zero-order valence-electron chi connectivity index (χ0n) is 18.1. The number of hydrogen-bond donors (Lipinski definition) is 0. The standard InChI is InChI=1S/C24H23ClN4O3/c1-15(2)12-28-23(31)21-22(29(24(28)32)19-10-8-18(25)9-11-19)26-14-27(21)13-20(30)17-6-4-16(3)5-7-17/h4-11,14-15H,12-13H2,1-3H3. The number of rotatable bonds is 6. The van der Waals surface area contributed by atoms with Crippen molar-refractivity contribution in [2.75, 3.05) is 0 Å². The van der Waals surface area contributed by atoms with Gasteiger partial charge in [-0.3, -0.25) is 14.2 Å². The van der Waals surface area contributed by atoms with E-state index >= 15 is 0 Å². The van der Waals surface area contributed by atoms with Crippen LogP contribution in [0.15, 0.2) is 64.4 Å². The lowest BCUT2D eigenvalue weighted by atomic mass is 10.1. The molecule has 0 saturated heterocycles. The first-order chi connectivity index (χ1) is 15.3. The van der Waals surface area contributed by atoms with Gasteiger partial charge in [0.05, 0.1) is 18.6 Å². The molecule has 2 heterocycles. The number of nitrogens with zero attached hydrogens (tertiary/aromatic N) is 4. The molecule has 32 heavy (non-hydrogen) atoms. The van der Waals surface area contributed by atoms with E-state index in [4.69, 9.17) is 11.6 Å². The Kier molecular flexibility index (Phi) is 5.84. The Morgan fingerprint density at radius 1 is 1.03 bits per heavy atom. The number of carbonyl (C=O) groups excluding carboxylic acids is 1. The second-order valence-corrected chi connectivity index (χ2v) is 8.67. The third-order valence-electron chi connectivity index (χ3n) is 5.22. The van der Waals surface area contributed by atoms with E-state index in [2.05, 4.69) is 4.98 Å². The third kappa shape index (κ3) is 4.03. The van der Waals surface area contributed by atoms with Gasteiger partial charge in [0, 0.05) is 17.1 Å². The van der Waals surface area contributed by atoms with Crippen LogP contribution in [0.25, 0.3) is 16.9 Å².